The Hall–Kier alpha value is -0.953. The molecule has 0 unspecified atom stereocenters. The van der Waals surface area contributed by atoms with Crippen molar-refractivity contribution in [3.63, 3.8) is 0 Å². The number of rotatable bonds is 6. The number of carbonyl (C=O) groups is 1. The smallest absolute Gasteiger partial charge is 0.338 e. The molecule has 0 aliphatic carbocycles. The SMILES string of the molecule is CC(C)(C)[Si](C)(C)OCC1=CC=C(COC(=O)c2ccccc2)SS1. The third-order valence-corrected chi connectivity index (χ3v) is 11.5. The molecule has 0 atom stereocenters. The van der Waals surface area contributed by atoms with Gasteiger partial charge in [0.2, 0.25) is 0 Å². The van der Waals surface area contributed by atoms with Crippen LogP contribution in [-0.4, -0.2) is 27.5 Å². The van der Waals surface area contributed by atoms with Crippen LogP contribution in [0.1, 0.15) is 31.1 Å². The zero-order valence-electron chi connectivity index (χ0n) is 15.5. The molecule has 0 saturated carbocycles. The fourth-order valence-corrected chi connectivity index (χ4v) is 4.75. The molecule has 25 heavy (non-hydrogen) atoms. The summed E-state index contributed by atoms with van der Waals surface area (Å²) in [5, 5.41) is 0.215. The van der Waals surface area contributed by atoms with E-state index in [4.69, 9.17) is 9.16 Å². The molecule has 0 aromatic heterocycles. The van der Waals surface area contributed by atoms with Gasteiger partial charge >= 0.3 is 5.97 Å². The van der Waals surface area contributed by atoms with Crippen LogP contribution in [0.25, 0.3) is 0 Å². The van der Waals surface area contributed by atoms with E-state index >= 15 is 0 Å². The van der Waals surface area contributed by atoms with Crippen molar-refractivity contribution in [2.45, 2.75) is 38.9 Å². The Balaban J connectivity index is 1.83. The van der Waals surface area contributed by atoms with Crippen LogP contribution < -0.4 is 0 Å². The molecule has 0 amide bonds. The number of benzene rings is 1. The molecule has 1 aromatic carbocycles. The summed E-state index contributed by atoms with van der Waals surface area (Å²) in [6.45, 7) is 12.2. The number of ether oxygens (including phenoxy) is 1. The Morgan fingerprint density at radius 1 is 1.00 bits per heavy atom. The predicted molar refractivity (Wildman–Crippen MR) is 111 cm³/mol. The van der Waals surface area contributed by atoms with Crippen LogP contribution in [-0.2, 0) is 9.16 Å². The normalized spacial score (nSPS) is 15.4. The molecular formula is C19H26O3S2Si. The highest BCUT2D eigenvalue weighted by molar-refractivity contribution is 8.79. The van der Waals surface area contributed by atoms with Gasteiger partial charge in [-0.25, -0.2) is 4.79 Å². The third-order valence-electron chi connectivity index (χ3n) is 4.45. The molecule has 1 aliphatic heterocycles. The molecule has 1 heterocycles. The Labute approximate surface area is 159 Å². The first-order valence-corrected chi connectivity index (χ1v) is 13.4. The van der Waals surface area contributed by atoms with Gasteiger partial charge in [0.25, 0.3) is 0 Å². The van der Waals surface area contributed by atoms with E-state index in [0.29, 0.717) is 18.8 Å². The summed E-state index contributed by atoms with van der Waals surface area (Å²) < 4.78 is 11.6. The molecule has 0 N–H and O–H groups in total. The summed E-state index contributed by atoms with van der Waals surface area (Å²) in [6, 6.07) is 9.06. The highest BCUT2D eigenvalue weighted by Crippen LogP contribution is 2.42. The highest BCUT2D eigenvalue weighted by atomic mass is 33.1. The maximum Gasteiger partial charge on any atom is 0.338 e. The van der Waals surface area contributed by atoms with Crippen molar-refractivity contribution < 1.29 is 14.0 Å². The lowest BCUT2D eigenvalue weighted by atomic mass is 10.2. The van der Waals surface area contributed by atoms with Gasteiger partial charge in [-0.3, -0.25) is 0 Å². The summed E-state index contributed by atoms with van der Waals surface area (Å²) in [5.41, 5.74) is 0.579. The van der Waals surface area contributed by atoms with Crippen LogP contribution >= 0.6 is 21.6 Å². The van der Waals surface area contributed by atoms with Gasteiger partial charge in [-0.15, -0.1) is 0 Å². The Bertz CT molecular complexity index is 661. The third kappa shape index (κ3) is 6.06. The minimum absolute atomic E-state index is 0.215. The van der Waals surface area contributed by atoms with Crippen molar-refractivity contribution in [3.05, 3.63) is 57.9 Å². The quantitative estimate of drug-likeness (QED) is 0.334. The second-order valence-corrected chi connectivity index (χ2v) is 14.6. The molecule has 0 spiro atoms. The Kier molecular flexibility index (Phi) is 7.02. The number of hydrogen-bond acceptors (Lipinski definition) is 5. The van der Waals surface area contributed by atoms with E-state index in [-0.39, 0.29) is 11.0 Å². The van der Waals surface area contributed by atoms with Crippen LogP contribution in [0.2, 0.25) is 18.1 Å². The first kappa shape index (κ1) is 20.4. The highest BCUT2D eigenvalue weighted by Gasteiger charge is 2.37. The summed E-state index contributed by atoms with van der Waals surface area (Å²) >= 11 is 0. The molecule has 0 fully saturated rings. The molecule has 1 aliphatic rings. The molecule has 2 rings (SSSR count). The van der Waals surface area contributed by atoms with E-state index in [0.717, 1.165) is 4.91 Å². The maximum atomic E-state index is 12.0. The molecule has 0 saturated heterocycles. The minimum Gasteiger partial charge on any atom is -0.457 e. The molecule has 0 radical (unpaired) electrons. The number of carbonyl (C=O) groups excluding carboxylic acids is 1. The van der Waals surface area contributed by atoms with E-state index in [1.807, 2.05) is 24.3 Å². The molecule has 0 bridgehead atoms. The summed E-state index contributed by atoms with van der Waals surface area (Å²) in [7, 11) is 1.59. The monoisotopic (exact) mass is 394 g/mol. The molecule has 6 heteroatoms. The Morgan fingerprint density at radius 2 is 1.56 bits per heavy atom. The summed E-state index contributed by atoms with van der Waals surface area (Å²) in [4.78, 5) is 14.2. The lowest BCUT2D eigenvalue weighted by Crippen LogP contribution is -2.41. The van der Waals surface area contributed by atoms with Gasteiger partial charge in [0.05, 0.1) is 12.2 Å². The van der Waals surface area contributed by atoms with E-state index in [9.17, 15) is 4.79 Å². The molecule has 3 nitrogen and oxygen atoms in total. The van der Waals surface area contributed by atoms with Gasteiger partial charge in [0.1, 0.15) is 6.61 Å². The van der Waals surface area contributed by atoms with E-state index in [1.54, 1.807) is 33.7 Å². The van der Waals surface area contributed by atoms with Crippen LogP contribution in [0.5, 0.6) is 0 Å². The maximum absolute atomic E-state index is 12.0. The largest absolute Gasteiger partial charge is 0.457 e. The molecule has 1 aromatic rings. The average Bonchev–Trinajstić information content (AvgIpc) is 2.58. The van der Waals surface area contributed by atoms with Crippen LogP contribution in [0.3, 0.4) is 0 Å². The van der Waals surface area contributed by atoms with Crippen molar-refractivity contribution >= 4 is 35.9 Å². The molecule has 136 valence electrons. The van der Waals surface area contributed by atoms with Crippen molar-refractivity contribution in [3.8, 4) is 0 Å². The topological polar surface area (TPSA) is 35.5 Å². The van der Waals surface area contributed by atoms with Gasteiger partial charge < -0.3 is 9.16 Å². The minimum atomic E-state index is -1.73. The number of allylic oxidation sites excluding steroid dienone is 2. The van der Waals surface area contributed by atoms with Gasteiger partial charge in [-0.2, -0.15) is 0 Å². The molecular weight excluding hydrogens is 368 g/mol. The van der Waals surface area contributed by atoms with Crippen LogP contribution in [0, 0.1) is 0 Å². The second kappa shape index (κ2) is 8.62. The summed E-state index contributed by atoms with van der Waals surface area (Å²) in [5.74, 6) is -0.289. The van der Waals surface area contributed by atoms with Crippen molar-refractivity contribution in [1.29, 1.82) is 0 Å². The zero-order valence-corrected chi connectivity index (χ0v) is 18.1. The zero-order chi connectivity index (χ0) is 18.5. The average molecular weight is 395 g/mol. The fourth-order valence-electron chi connectivity index (χ4n) is 1.76. The Morgan fingerprint density at radius 3 is 2.08 bits per heavy atom. The van der Waals surface area contributed by atoms with Crippen molar-refractivity contribution in [1.82, 2.24) is 0 Å². The van der Waals surface area contributed by atoms with Crippen LogP contribution in [0.15, 0.2) is 52.3 Å². The first-order chi connectivity index (χ1) is 11.7. The van der Waals surface area contributed by atoms with Gasteiger partial charge in [-0.1, -0.05) is 60.6 Å². The van der Waals surface area contributed by atoms with Gasteiger partial charge in [-0.05, 0) is 42.4 Å². The van der Waals surface area contributed by atoms with E-state index < -0.39 is 8.32 Å². The standard InChI is InChI=1S/C19H26O3S2Si/c1-19(2,3)25(4,5)22-14-17-12-11-16(23-24-17)13-21-18(20)15-9-7-6-8-10-15/h6-12H,13-14H2,1-5H3. The lowest BCUT2D eigenvalue weighted by molar-refractivity contribution is 0.0546. The van der Waals surface area contributed by atoms with E-state index in [1.165, 1.54) is 4.91 Å². The van der Waals surface area contributed by atoms with Crippen LogP contribution in [0.4, 0.5) is 0 Å². The number of esters is 1. The van der Waals surface area contributed by atoms with E-state index in [2.05, 4.69) is 39.9 Å². The number of hydrogen-bond donors (Lipinski definition) is 0. The second-order valence-electron chi connectivity index (χ2n) is 7.42. The van der Waals surface area contributed by atoms with Gasteiger partial charge in [0.15, 0.2) is 8.32 Å². The summed E-state index contributed by atoms with van der Waals surface area (Å²) in [6.07, 6.45) is 4.09. The lowest BCUT2D eigenvalue weighted by Gasteiger charge is -2.36. The van der Waals surface area contributed by atoms with Crippen molar-refractivity contribution in [2.75, 3.05) is 13.2 Å². The fraction of sp³-hybridized carbons (Fsp3) is 0.421. The predicted octanol–water partition coefficient (Wildman–Crippen LogP) is 6.03. The van der Waals surface area contributed by atoms with Gasteiger partial charge in [0, 0.05) is 9.81 Å². The first-order valence-electron chi connectivity index (χ1n) is 8.29. The van der Waals surface area contributed by atoms with Crippen molar-refractivity contribution in [2.24, 2.45) is 0 Å².